The lowest BCUT2D eigenvalue weighted by Gasteiger charge is -2.00. The molecule has 1 rings (SSSR count). The molecule has 0 bridgehead atoms. The zero-order valence-electron chi connectivity index (χ0n) is 8.45. The van der Waals surface area contributed by atoms with Crippen molar-refractivity contribution in [3.05, 3.63) is 55.7 Å². The van der Waals surface area contributed by atoms with E-state index in [4.69, 9.17) is 0 Å². The molecule has 0 amide bonds. The van der Waals surface area contributed by atoms with Gasteiger partial charge in [0.15, 0.2) is 0 Å². The third-order valence-electron chi connectivity index (χ3n) is 1.92. The Kier molecular flexibility index (Phi) is 3.92. The van der Waals surface area contributed by atoms with Gasteiger partial charge < -0.3 is 4.57 Å². The van der Waals surface area contributed by atoms with Crippen molar-refractivity contribution in [2.24, 2.45) is 0 Å². The number of rotatable bonds is 6. The zero-order valence-corrected chi connectivity index (χ0v) is 8.45. The fraction of sp³-hybridized carbons (Fsp3) is 0.250. The van der Waals surface area contributed by atoms with Gasteiger partial charge in [-0.15, -0.1) is 19.7 Å². The van der Waals surface area contributed by atoms with Crippen LogP contribution in [0.3, 0.4) is 0 Å². The Hall–Kier alpha value is -1.57. The lowest BCUT2D eigenvalue weighted by molar-refractivity contribution is 0.763. The summed E-state index contributed by atoms with van der Waals surface area (Å²) in [6, 6.07) is 0. The van der Waals surface area contributed by atoms with Gasteiger partial charge in [0.2, 0.25) is 0 Å². The Morgan fingerprint density at radius 2 is 1.86 bits per heavy atom. The Morgan fingerprint density at radius 3 is 2.43 bits per heavy atom. The molecule has 0 aromatic carbocycles. The fourth-order valence-corrected chi connectivity index (χ4v) is 1.35. The molecule has 0 unspecified atom stereocenters. The molecule has 0 atom stereocenters. The molecule has 14 heavy (non-hydrogen) atoms. The van der Waals surface area contributed by atoms with Crippen molar-refractivity contribution < 1.29 is 0 Å². The second kappa shape index (κ2) is 5.22. The van der Waals surface area contributed by atoms with Gasteiger partial charge in [0, 0.05) is 25.6 Å². The van der Waals surface area contributed by atoms with Crippen LogP contribution in [0.4, 0.5) is 0 Å². The van der Waals surface area contributed by atoms with Crippen LogP contribution in [0, 0.1) is 0 Å². The number of imidazole rings is 1. The smallest absolute Gasteiger partial charge is 0.113 e. The Balaban J connectivity index is 2.91. The summed E-state index contributed by atoms with van der Waals surface area (Å²) in [5, 5.41) is 0. The van der Waals surface area contributed by atoms with Gasteiger partial charge in [-0.3, -0.25) is 0 Å². The maximum absolute atomic E-state index is 4.48. The summed E-state index contributed by atoms with van der Waals surface area (Å²) in [6.07, 6.45) is 9.24. The van der Waals surface area contributed by atoms with E-state index < -0.39 is 0 Å². The highest BCUT2D eigenvalue weighted by atomic mass is 15.1. The zero-order chi connectivity index (χ0) is 10.4. The summed E-state index contributed by atoms with van der Waals surface area (Å²) in [6.45, 7) is 11.9. The maximum Gasteiger partial charge on any atom is 0.113 e. The van der Waals surface area contributed by atoms with Crippen LogP contribution in [0.5, 0.6) is 0 Å². The summed E-state index contributed by atoms with van der Waals surface area (Å²) >= 11 is 0. The van der Waals surface area contributed by atoms with E-state index in [0.717, 1.165) is 30.9 Å². The predicted octanol–water partition coefficient (Wildman–Crippen LogP) is 2.53. The number of nitrogens with zero attached hydrogens (tertiary/aromatic N) is 2. The molecule has 0 spiro atoms. The molecule has 0 saturated carbocycles. The van der Waals surface area contributed by atoms with E-state index in [9.17, 15) is 0 Å². The van der Waals surface area contributed by atoms with E-state index >= 15 is 0 Å². The first kappa shape index (κ1) is 10.5. The maximum atomic E-state index is 4.48. The SMILES string of the molecule is C=CCc1cn(CC=C)c(CC=C)n1. The standard InChI is InChI=1S/C12H16N2/c1-4-7-11-10-14(9-6-3)12(13-11)8-5-2/h4-6,10H,1-3,7-9H2. The predicted molar refractivity (Wildman–Crippen MR) is 60.2 cm³/mol. The highest BCUT2D eigenvalue weighted by Crippen LogP contribution is 2.06. The Bertz CT molecular complexity index is 307. The number of hydrogen-bond donors (Lipinski definition) is 0. The van der Waals surface area contributed by atoms with E-state index in [1.54, 1.807) is 0 Å². The van der Waals surface area contributed by atoms with Gasteiger partial charge in [-0.25, -0.2) is 4.98 Å². The van der Waals surface area contributed by atoms with Crippen LogP contribution in [-0.4, -0.2) is 9.55 Å². The third-order valence-corrected chi connectivity index (χ3v) is 1.92. The van der Waals surface area contributed by atoms with Crippen LogP contribution in [0.15, 0.2) is 44.2 Å². The van der Waals surface area contributed by atoms with Gasteiger partial charge >= 0.3 is 0 Å². The summed E-state index contributed by atoms with van der Waals surface area (Å²) in [5.41, 5.74) is 1.05. The van der Waals surface area contributed by atoms with Crippen LogP contribution in [0.2, 0.25) is 0 Å². The molecular weight excluding hydrogens is 172 g/mol. The van der Waals surface area contributed by atoms with Crippen LogP contribution in [-0.2, 0) is 19.4 Å². The first-order chi connectivity index (χ1) is 6.81. The van der Waals surface area contributed by atoms with Gasteiger partial charge in [0.05, 0.1) is 5.69 Å². The molecule has 1 heterocycles. The molecule has 0 aliphatic carbocycles. The van der Waals surface area contributed by atoms with Crippen molar-refractivity contribution in [2.45, 2.75) is 19.4 Å². The molecule has 2 heteroatoms. The monoisotopic (exact) mass is 188 g/mol. The molecule has 74 valence electrons. The lowest BCUT2D eigenvalue weighted by atomic mass is 10.3. The van der Waals surface area contributed by atoms with E-state index in [0.29, 0.717) is 0 Å². The van der Waals surface area contributed by atoms with Gasteiger partial charge in [-0.05, 0) is 0 Å². The number of hydrogen-bond acceptors (Lipinski definition) is 1. The van der Waals surface area contributed by atoms with Crippen molar-refractivity contribution in [1.82, 2.24) is 9.55 Å². The largest absolute Gasteiger partial charge is 0.331 e. The molecule has 0 aliphatic heterocycles. The Labute approximate surface area is 85.3 Å². The van der Waals surface area contributed by atoms with Crippen molar-refractivity contribution >= 4 is 0 Å². The van der Waals surface area contributed by atoms with Crippen LogP contribution < -0.4 is 0 Å². The summed E-state index contributed by atoms with van der Waals surface area (Å²) in [7, 11) is 0. The van der Waals surface area contributed by atoms with Crippen molar-refractivity contribution in [3.8, 4) is 0 Å². The van der Waals surface area contributed by atoms with Gasteiger partial charge in [0.1, 0.15) is 5.82 Å². The highest BCUT2D eigenvalue weighted by Gasteiger charge is 2.03. The number of aromatic nitrogens is 2. The molecular formula is C12H16N2. The third kappa shape index (κ3) is 2.46. The molecule has 1 aromatic rings. The average molecular weight is 188 g/mol. The quantitative estimate of drug-likeness (QED) is 0.627. The molecule has 2 nitrogen and oxygen atoms in total. The van der Waals surface area contributed by atoms with Crippen molar-refractivity contribution in [1.29, 1.82) is 0 Å². The van der Waals surface area contributed by atoms with E-state index in [-0.39, 0.29) is 0 Å². The van der Waals surface area contributed by atoms with Crippen molar-refractivity contribution in [2.75, 3.05) is 0 Å². The van der Waals surface area contributed by atoms with Crippen LogP contribution in [0.25, 0.3) is 0 Å². The summed E-state index contributed by atoms with van der Waals surface area (Å²) in [5.74, 6) is 1.04. The van der Waals surface area contributed by atoms with Gasteiger partial charge in [-0.1, -0.05) is 18.2 Å². The minimum absolute atomic E-state index is 0.797. The lowest BCUT2D eigenvalue weighted by Crippen LogP contribution is -1.99. The van der Waals surface area contributed by atoms with Crippen LogP contribution >= 0.6 is 0 Å². The molecule has 0 N–H and O–H groups in total. The van der Waals surface area contributed by atoms with Crippen LogP contribution in [0.1, 0.15) is 11.5 Å². The summed E-state index contributed by atoms with van der Waals surface area (Å²) in [4.78, 5) is 4.48. The van der Waals surface area contributed by atoms with Gasteiger partial charge in [-0.2, -0.15) is 0 Å². The molecule has 1 aromatic heterocycles. The molecule has 0 aliphatic rings. The molecule has 0 radical (unpaired) electrons. The average Bonchev–Trinajstić information content (AvgIpc) is 2.50. The second-order valence-electron chi connectivity index (χ2n) is 3.08. The second-order valence-corrected chi connectivity index (χ2v) is 3.08. The molecule has 0 fully saturated rings. The first-order valence-corrected chi connectivity index (χ1v) is 4.69. The van der Waals surface area contributed by atoms with Crippen molar-refractivity contribution in [3.63, 3.8) is 0 Å². The normalized spacial score (nSPS) is 9.71. The minimum atomic E-state index is 0.797. The summed E-state index contributed by atoms with van der Waals surface area (Å²) < 4.78 is 2.09. The van der Waals surface area contributed by atoms with E-state index in [1.165, 1.54) is 0 Å². The number of allylic oxidation sites excluding steroid dienone is 3. The van der Waals surface area contributed by atoms with E-state index in [2.05, 4.69) is 29.3 Å². The fourth-order valence-electron chi connectivity index (χ4n) is 1.35. The minimum Gasteiger partial charge on any atom is -0.331 e. The van der Waals surface area contributed by atoms with E-state index in [1.807, 2.05) is 24.4 Å². The Morgan fingerprint density at radius 1 is 1.14 bits per heavy atom. The first-order valence-electron chi connectivity index (χ1n) is 4.69. The highest BCUT2D eigenvalue weighted by molar-refractivity contribution is 5.10. The van der Waals surface area contributed by atoms with Gasteiger partial charge in [0.25, 0.3) is 0 Å². The molecule has 0 saturated heterocycles. The topological polar surface area (TPSA) is 17.8 Å².